The zero-order valence-corrected chi connectivity index (χ0v) is 17.9. The second-order valence-electron chi connectivity index (χ2n) is 7.06. The summed E-state index contributed by atoms with van der Waals surface area (Å²) in [5.41, 5.74) is 2.58. The van der Waals surface area contributed by atoms with Crippen molar-refractivity contribution < 1.29 is 18.0 Å². The third-order valence-corrected chi connectivity index (χ3v) is 8.36. The van der Waals surface area contributed by atoms with Crippen LogP contribution in [0.25, 0.3) is 0 Å². The molecule has 1 N–H and O–H groups in total. The van der Waals surface area contributed by atoms with Gasteiger partial charge in [-0.05, 0) is 48.1 Å². The number of anilines is 1. The van der Waals surface area contributed by atoms with E-state index >= 15 is 0 Å². The Balaban J connectivity index is 1.72. The lowest BCUT2D eigenvalue weighted by atomic mass is 9.95. The van der Waals surface area contributed by atoms with Crippen LogP contribution in [-0.4, -0.2) is 30.5 Å². The van der Waals surface area contributed by atoms with E-state index in [0.717, 1.165) is 22.5 Å². The molecule has 0 saturated carbocycles. The molecule has 1 aliphatic rings. The van der Waals surface area contributed by atoms with Gasteiger partial charge in [0.05, 0.1) is 5.69 Å². The highest BCUT2D eigenvalue weighted by molar-refractivity contribution is 7.91. The van der Waals surface area contributed by atoms with Crippen molar-refractivity contribution in [1.82, 2.24) is 4.31 Å². The van der Waals surface area contributed by atoms with Crippen LogP contribution in [0.4, 0.5) is 5.69 Å². The Labute approximate surface area is 179 Å². The maximum atomic E-state index is 13.3. The zero-order valence-electron chi connectivity index (χ0n) is 16.2. The highest BCUT2D eigenvalue weighted by atomic mass is 32.2. The van der Waals surface area contributed by atoms with Gasteiger partial charge in [-0.1, -0.05) is 42.5 Å². The standard InChI is InChI=1S/C22H20N2O4S2/c1-15(25)18-9-4-5-10-19(18)23-22(26)20-13-16-7-2-3-8-17(16)14-24(20)30(27,28)21-11-6-12-29-21/h2-12,20H,13-14H2,1H3,(H,23,26). The van der Waals surface area contributed by atoms with Gasteiger partial charge in [0.2, 0.25) is 5.91 Å². The van der Waals surface area contributed by atoms with E-state index in [2.05, 4.69) is 5.32 Å². The fourth-order valence-electron chi connectivity index (χ4n) is 3.62. The SMILES string of the molecule is CC(=O)c1ccccc1NC(=O)C1Cc2ccccc2CN1S(=O)(=O)c1cccs1. The second-order valence-corrected chi connectivity index (χ2v) is 10.1. The van der Waals surface area contributed by atoms with Crippen LogP contribution in [0.3, 0.4) is 0 Å². The molecule has 6 nitrogen and oxygen atoms in total. The lowest BCUT2D eigenvalue weighted by molar-refractivity contribution is -0.120. The molecule has 30 heavy (non-hydrogen) atoms. The number of benzene rings is 2. The van der Waals surface area contributed by atoms with Gasteiger partial charge in [-0.3, -0.25) is 9.59 Å². The number of ketones is 1. The van der Waals surface area contributed by atoms with Gasteiger partial charge in [0.25, 0.3) is 10.0 Å². The number of amides is 1. The number of nitrogens with zero attached hydrogens (tertiary/aromatic N) is 1. The van der Waals surface area contributed by atoms with Crippen LogP contribution in [0, 0.1) is 0 Å². The van der Waals surface area contributed by atoms with Crippen LogP contribution >= 0.6 is 11.3 Å². The number of carbonyl (C=O) groups is 2. The summed E-state index contributed by atoms with van der Waals surface area (Å²) in [4.78, 5) is 25.2. The van der Waals surface area contributed by atoms with Crippen LogP contribution in [0.5, 0.6) is 0 Å². The second kappa shape index (κ2) is 8.14. The Morgan fingerprint density at radius 1 is 1.00 bits per heavy atom. The van der Waals surface area contributed by atoms with Gasteiger partial charge in [0, 0.05) is 12.1 Å². The van der Waals surface area contributed by atoms with Gasteiger partial charge in [0.1, 0.15) is 10.3 Å². The minimum atomic E-state index is -3.85. The van der Waals surface area contributed by atoms with Crippen molar-refractivity contribution in [2.75, 3.05) is 5.32 Å². The Morgan fingerprint density at radius 2 is 1.70 bits per heavy atom. The monoisotopic (exact) mass is 440 g/mol. The number of carbonyl (C=O) groups excluding carboxylic acids is 2. The van der Waals surface area contributed by atoms with E-state index in [1.165, 1.54) is 11.2 Å². The number of nitrogens with one attached hydrogen (secondary N) is 1. The Hall–Kier alpha value is -2.81. The highest BCUT2D eigenvalue weighted by Gasteiger charge is 2.40. The number of hydrogen-bond donors (Lipinski definition) is 1. The molecule has 1 unspecified atom stereocenters. The first-order chi connectivity index (χ1) is 14.4. The van der Waals surface area contributed by atoms with E-state index < -0.39 is 22.0 Å². The number of hydrogen-bond acceptors (Lipinski definition) is 5. The summed E-state index contributed by atoms with van der Waals surface area (Å²) >= 11 is 1.12. The maximum absolute atomic E-state index is 13.3. The quantitative estimate of drug-likeness (QED) is 0.613. The Kier molecular flexibility index (Phi) is 5.55. The van der Waals surface area contributed by atoms with Gasteiger partial charge in [-0.2, -0.15) is 4.31 Å². The van der Waals surface area contributed by atoms with E-state index in [1.807, 2.05) is 24.3 Å². The van der Waals surface area contributed by atoms with Crippen LogP contribution in [0.15, 0.2) is 70.3 Å². The van der Waals surface area contributed by atoms with Gasteiger partial charge in [-0.15, -0.1) is 11.3 Å². The van der Waals surface area contributed by atoms with E-state index in [4.69, 9.17) is 0 Å². The maximum Gasteiger partial charge on any atom is 0.253 e. The normalized spacial score (nSPS) is 16.6. The molecule has 0 spiro atoms. The minimum Gasteiger partial charge on any atom is -0.324 e. The van der Waals surface area contributed by atoms with Crippen LogP contribution in [-0.2, 0) is 27.8 Å². The zero-order chi connectivity index (χ0) is 21.3. The average Bonchev–Trinajstić information content (AvgIpc) is 3.29. The fraction of sp³-hybridized carbons (Fsp3) is 0.182. The topological polar surface area (TPSA) is 83.6 Å². The van der Waals surface area contributed by atoms with Crippen molar-refractivity contribution in [3.05, 3.63) is 82.7 Å². The molecular formula is C22H20N2O4S2. The summed E-state index contributed by atoms with van der Waals surface area (Å²) < 4.78 is 28.1. The lowest BCUT2D eigenvalue weighted by Gasteiger charge is -2.34. The van der Waals surface area contributed by atoms with E-state index in [1.54, 1.807) is 41.8 Å². The lowest BCUT2D eigenvalue weighted by Crippen LogP contribution is -2.50. The predicted octanol–water partition coefficient (Wildman–Crippen LogP) is 3.71. The molecule has 1 aromatic heterocycles. The van der Waals surface area contributed by atoms with Crippen molar-refractivity contribution in [2.45, 2.75) is 30.1 Å². The van der Waals surface area contributed by atoms with Gasteiger partial charge in [-0.25, -0.2) is 8.42 Å². The number of thiophene rings is 1. The molecule has 3 aromatic rings. The third-order valence-electron chi connectivity index (χ3n) is 5.13. The molecule has 2 aromatic carbocycles. The Bertz CT molecular complexity index is 1200. The molecule has 2 heterocycles. The summed E-state index contributed by atoms with van der Waals surface area (Å²) in [6, 6.07) is 16.5. The molecule has 1 atom stereocenters. The minimum absolute atomic E-state index is 0.114. The molecule has 8 heteroatoms. The summed E-state index contributed by atoms with van der Waals surface area (Å²) in [6.45, 7) is 1.54. The van der Waals surface area contributed by atoms with Crippen molar-refractivity contribution in [2.24, 2.45) is 0 Å². The van der Waals surface area contributed by atoms with Crippen molar-refractivity contribution in [3.8, 4) is 0 Å². The van der Waals surface area contributed by atoms with Gasteiger partial charge < -0.3 is 5.32 Å². The first-order valence-electron chi connectivity index (χ1n) is 9.41. The van der Waals surface area contributed by atoms with Crippen LogP contribution in [0.2, 0.25) is 0 Å². The summed E-state index contributed by atoms with van der Waals surface area (Å²) in [5, 5.41) is 4.47. The molecular weight excluding hydrogens is 420 g/mol. The summed E-state index contributed by atoms with van der Waals surface area (Å²) in [5.74, 6) is -0.638. The van der Waals surface area contributed by atoms with Gasteiger partial charge in [0.15, 0.2) is 5.78 Å². The number of Topliss-reactive ketones (excluding diaryl/α,β-unsaturated/α-hetero) is 1. The fourth-order valence-corrected chi connectivity index (χ4v) is 6.30. The molecule has 1 amide bonds. The largest absolute Gasteiger partial charge is 0.324 e. The first-order valence-corrected chi connectivity index (χ1v) is 11.7. The van der Waals surface area contributed by atoms with E-state index in [9.17, 15) is 18.0 Å². The predicted molar refractivity (Wildman–Crippen MR) is 116 cm³/mol. The van der Waals surface area contributed by atoms with E-state index in [0.29, 0.717) is 11.3 Å². The van der Waals surface area contributed by atoms with Crippen molar-refractivity contribution in [3.63, 3.8) is 0 Å². The summed E-state index contributed by atoms with van der Waals surface area (Å²) in [6.07, 6.45) is 0.259. The number of fused-ring (bicyclic) bond motifs is 1. The molecule has 0 bridgehead atoms. The number of rotatable bonds is 5. The molecule has 1 aliphatic heterocycles. The smallest absolute Gasteiger partial charge is 0.253 e. The van der Waals surface area contributed by atoms with Crippen LogP contribution in [0.1, 0.15) is 28.4 Å². The van der Waals surface area contributed by atoms with Gasteiger partial charge >= 0.3 is 0 Å². The van der Waals surface area contributed by atoms with Crippen molar-refractivity contribution in [1.29, 1.82) is 0 Å². The first kappa shape index (κ1) is 20.5. The Morgan fingerprint density at radius 3 is 2.40 bits per heavy atom. The average molecular weight is 441 g/mol. The molecule has 4 rings (SSSR count). The molecule has 0 aliphatic carbocycles. The molecule has 0 radical (unpaired) electrons. The third kappa shape index (κ3) is 3.81. The van der Waals surface area contributed by atoms with Crippen LogP contribution < -0.4 is 5.32 Å². The molecule has 0 saturated heterocycles. The number of para-hydroxylation sites is 1. The highest BCUT2D eigenvalue weighted by Crippen LogP contribution is 2.31. The molecule has 154 valence electrons. The molecule has 0 fully saturated rings. The van der Waals surface area contributed by atoms with E-state index in [-0.39, 0.29) is 23.0 Å². The number of sulfonamides is 1. The van der Waals surface area contributed by atoms with Crippen molar-refractivity contribution >= 4 is 38.7 Å². The summed E-state index contributed by atoms with van der Waals surface area (Å²) in [7, 11) is -3.85.